The monoisotopic (exact) mass is 429 g/mol. The maximum atomic E-state index is 12.3. The summed E-state index contributed by atoms with van der Waals surface area (Å²) in [5.74, 6) is 0.965. The Labute approximate surface area is 185 Å². The van der Waals surface area contributed by atoms with E-state index in [0.29, 0.717) is 38.1 Å². The van der Waals surface area contributed by atoms with Crippen molar-refractivity contribution in [2.45, 2.75) is 58.3 Å². The molecule has 1 saturated carbocycles. The minimum atomic E-state index is -0.168. The highest BCUT2D eigenvalue weighted by molar-refractivity contribution is 5.94. The minimum Gasteiger partial charge on any atom is -0.336 e. The fraction of sp³-hybridized carbons (Fsp3) is 0.636. The van der Waals surface area contributed by atoms with Gasteiger partial charge >= 0.3 is 6.03 Å². The van der Waals surface area contributed by atoms with Crippen LogP contribution in [0.2, 0.25) is 0 Å². The van der Waals surface area contributed by atoms with Crippen LogP contribution in [-0.2, 0) is 4.84 Å². The van der Waals surface area contributed by atoms with Crippen LogP contribution in [0.25, 0.3) is 0 Å². The van der Waals surface area contributed by atoms with E-state index in [1.54, 1.807) is 24.5 Å². The summed E-state index contributed by atoms with van der Waals surface area (Å²) in [6.45, 7) is 4.23. The molecule has 0 aromatic carbocycles. The Morgan fingerprint density at radius 2 is 2.03 bits per heavy atom. The number of hydrogen-bond acceptors (Lipinski definition) is 5. The SMILES string of the molecule is CCNC(=O)N(CCCCCN=C(NC#N)Nc1ccncc1)OCC1CCCCC1. The van der Waals surface area contributed by atoms with Gasteiger partial charge in [0.25, 0.3) is 0 Å². The van der Waals surface area contributed by atoms with Crippen molar-refractivity contribution in [2.24, 2.45) is 10.9 Å². The molecular formula is C22H35N7O2. The van der Waals surface area contributed by atoms with Crippen molar-refractivity contribution in [1.29, 1.82) is 5.26 Å². The van der Waals surface area contributed by atoms with Gasteiger partial charge in [0, 0.05) is 31.2 Å². The number of amides is 2. The van der Waals surface area contributed by atoms with Gasteiger partial charge in [0.15, 0.2) is 6.19 Å². The zero-order valence-electron chi connectivity index (χ0n) is 18.5. The molecule has 9 nitrogen and oxygen atoms in total. The second kappa shape index (κ2) is 15.0. The zero-order chi connectivity index (χ0) is 22.2. The molecule has 170 valence electrons. The standard InChI is InChI=1S/C22H35N7O2/c1-2-25-22(30)29(31-17-19-9-5-3-6-10-19)16-8-4-7-13-26-21(27-18-23)28-20-11-14-24-15-12-20/h11-12,14-15,19H,2-10,13,16-17H2,1H3,(H,25,30)(H2,24,26,27,28). The van der Waals surface area contributed by atoms with Crippen molar-refractivity contribution < 1.29 is 9.63 Å². The maximum Gasteiger partial charge on any atom is 0.341 e. The Hall–Kier alpha value is -2.86. The first-order valence-electron chi connectivity index (χ1n) is 11.3. The Kier molecular flexibility index (Phi) is 11.8. The third kappa shape index (κ3) is 10.1. The highest BCUT2D eigenvalue weighted by Crippen LogP contribution is 2.24. The quantitative estimate of drug-likeness (QED) is 0.124. The van der Waals surface area contributed by atoms with Crippen molar-refractivity contribution in [2.75, 3.05) is 31.6 Å². The highest BCUT2D eigenvalue weighted by atomic mass is 16.7. The van der Waals surface area contributed by atoms with Crippen molar-refractivity contribution in [3.63, 3.8) is 0 Å². The summed E-state index contributed by atoms with van der Waals surface area (Å²) in [5.41, 5.74) is 0.809. The second-order valence-corrected chi connectivity index (χ2v) is 7.63. The lowest BCUT2D eigenvalue weighted by Crippen LogP contribution is -2.41. The first-order chi connectivity index (χ1) is 15.2. The predicted octanol–water partition coefficient (Wildman–Crippen LogP) is 3.63. The molecular weight excluding hydrogens is 394 g/mol. The number of aliphatic imine (C=N–C) groups is 1. The van der Waals surface area contributed by atoms with E-state index in [-0.39, 0.29) is 6.03 Å². The number of pyridine rings is 1. The lowest BCUT2D eigenvalue weighted by atomic mass is 9.90. The fourth-order valence-corrected chi connectivity index (χ4v) is 3.48. The first-order valence-corrected chi connectivity index (χ1v) is 11.3. The van der Waals surface area contributed by atoms with E-state index in [4.69, 9.17) is 10.1 Å². The number of hydroxylamine groups is 2. The third-order valence-electron chi connectivity index (χ3n) is 5.15. The van der Waals surface area contributed by atoms with Crippen LogP contribution in [0.15, 0.2) is 29.5 Å². The third-order valence-corrected chi connectivity index (χ3v) is 5.15. The number of guanidine groups is 1. The van der Waals surface area contributed by atoms with Gasteiger partial charge in [-0.25, -0.2) is 9.86 Å². The fourth-order valence-electron chi connectivity index (χ4n) is 3.48. The average Bonchev–Trinajstić information content (AvgIpc) is 2.79. The molecule has 1 aliphatic rings. The lowest BCUT2D eigenvalue weighted by Gasteiger charge is -2.26. The summed E-state index contributed by atoms with van der Waals surface area (Å²) in [4.78, 5) is 26.5. The molecule has 31 heavy (non-hydrogen) atoms. The molecule has 1 fully saturated rings. The van der Waals surface area contributed by atoms with E-state index in [0.717, 1.165) is 24.9 Å². The molecule has 1 aromatic heterocycles. The van der Waals surface area contributed by atoms with Crippen molar-refractivity contribution in [1.82, 2.24) is 20.7 Å². The summed E-state index contributed by atoms with van der Waals surface area (Å²) in [7, 11) is 0. The lowest BCUT2D eigenvalue weighted by molar-refractivity contribution is -0.132. The molecule has 9 heteroatoms. The van der Waals surface area contributed by atoms with Crippen LogP contribution in [0.1, 0.15) is 58.3 Å². The molecule has 1 heterocycles. The number of aromatic nitrogens is 1. The molecule has 0 bridgehead atoms. The number of nitrogens with one attached hydrogen (secondary N) is 3. The number of anilines is 1. The van der Waals surface area contributed by atoms with E-state index in [9.17, 15) is 4.79 Å². The van der Waals surface area contributed by atoms with Gasteiger partial charge in [-0.15, -0.1) is 0 Å². The molecule has 2 rings (SSSR count). The number of carbonyl (C=O) groups is 1. The summed E-state index contributed by atoms with van der Waals surface area (Å²) in [6, 6.07) is 3.44. The van der Waals surface area contributed by atoms with Gasteiger partial charge in [-0.05, 0) is 57.1 Å². The van der Waals surface area contributed by atoms with E-state index in [1.807, 2.05) is 13.1 Å². The topological polar surface area (TPSA) is 115 Å². The molecule has 0 saturated heterocycles. The predicted molar refractivity (Wildman–Crippen MR) is 121 cm³/mol. The Balaban J connectivity index is 1.71. The summed E-state index contributed by atoms with van der Waals surface area (Å²) in [6.07, 6.45) is 14.0. The van der Waals surface area contributed by atoms with E-state index in [1.165, 1.54) is 37.2 Å². The van der Waals surface area contributed by atoms with E-state index in [2.05, 4.69) is 25.9 Å². The van der Waals surface area contributed by atoms with Crippen LogP contribution < -0.4 is 16.0 Å². The second-order valence-electron chi connectivity index (χ2n) is 7.63. The Morgan fingerprint density at radius 3 is 2.74 bits per heavy atom. The molecule has 0 aliphatic heterocycles. The van der Waals surface area contributed by atoms with Gasteiger partial charge in [0.1, 0.15) is 0 Å². The van der Waals surface area contributed by atoms with Crippen molar-refractivity contribution in [3.05, 3.63) is 24.5 Å². The Bertz CT molecular complexity index is 700. The molecule has 0 unspecified atom stereocenters. The summed E-state index contributed by atoms with van der Waals surface area (Å²) >= 11 is 0. The molecule has 0 atom stereocenters. The molecule has 2 amide bonds. The normalized spacial score (nSPS) is 14.5. The number of urea groups is 1. The van der Waals surface area contributed by atoms with Gasteiger partial charge in [-0.2, -0.15) is 5.26 Å². The van der Waals surface area contributed by atoms with Crippen molar-refractivity contribution in [3.8, 4) is 6.19 Å². The number of carbonyl (C=O) groups excluding carboxylic acids is 1. The van der Waals surface area contributed by atoms with Gasteiger partial charge in [0.05, 0.1) is 13.2 Å². The largest absolute Gasteiger partial charge is 0.341 e. The highest BCUT2D eigenvalue weighted by Gasteiger charge is 2.18. The van der Waals surface area contributed by atoms with Crippen LogP contribution >= 0.6 is 0 Å². The number of unbranched alkanes of at least 4 members (excludes halogenated alkanes) is 2. The molecule has 0 radical (unpaired) electrons. The van der Waals surface area contributed by atoms with Gasteiger partial charge < -0.3 is 10.6 Å². The number of nitrogens with zero attached hydrogens (tertiary/aromatic N) is 4. The smallest absolute Gasteiger partial charge is 0.336 e. The first kappa shape index (κ1) is 24.4. The van der Waals surface area contributed by atoms with Gasteiger partial charge in [-0.3, -0.25) is 20.1 Å². The maximum absolute atomic E-state index is 12.3. The molecule has 3 N–H and O–H groups in total. The van der Waals surface area contributed by atoms with E-state index >= 15 is 0 Å². The number of hydrogen-bond donors (Lipinski definition) is 3. The van der Waals surface area contributed by atoms with Gasteiger partial charge in [-0.1, -0.05) is 19.3 Å². The van der Waals surface area contributed by atoms with Crippen LogP contribution in [0, 0.1) is 17.4 Å². The summed E-state index contributed by atoms with van der Waals surface area (Å²) < 4.78 is 0. The molecule has 1 aromatic rings. The number of nitriles is 1. The molecule has 0 spiro atoms. The summed E-state index contributed by atoms with van der Waals surface area (Å²) in [5, 5.41) is 18.8. The minimum absolute atomic E-state index is 0.168. The van der Waals surface area contributed by atoms with Crippen molar-refractivity contribution >= 4 is 17.7 Å². The Morgan fingerprint density at radius 1 is 1.26 bits per heavy atom. The van der Waals surface area contributed by atoms with Crippen LogP contribution in [0.5, 0.6) is 0 Å². The molecule has 1 aliphatic carbocycles. The zero-order valence-corrected chi connectivity index (χ0v) is 18.5. The van der Waals surface area contributed by atoms with Gasteiger partial charge in [0.2, 0.25) is 5.96 Å². The van der Waals surface area contributed by atoms with Crippen LogP contribution in [0.4, 0.5) is 10.5 Å². The van der Waals surface area contributed by atoms with Crippen LogP contribution in [-0.4, -0.2) is 48.3 Å². The van der Waals surface area contributed by atoms with E-state index < -0.39 is 0 Å². The van der Waals surface area contributed by atoms with Crippen LogP contribution in [0.3, 0.4) is 0 Å². The number of rotatable bonds is 11. The average molecular weight is 430 g/mol.